The first-order valence-corrected chi connectivity index (χ1v) is 5.67. The number of nitrogens with one attached hydrogen (secondary N) is 1. The Hall–Kier alpha value is -1.43. The standard InChI is InChI=1S/C11H19N3O3/c1-4-14-9(16)5-7(10(14)17)13-11(2,3)6-8(12)15/h7,13H,4-6H2,1-3H3,(H2,12,15). The van der Waals surface area contributed by atoms with Gasteiger partial charge < -0.3 is 5.73 Å². The molecule has 1 aliphatic heterocycles. The minimum Gasteiger partial charge on any atom is -0.370 e. The highest BCUT2D eigenvalue weighted by Gasteiger charge is 2.40. The molecule has 1 heterocycles. The largest absolute Gasteiger partial charge is 0.370 e. The van der Waals surface area contributed by atoms with Crippen LogP contribution in [0, 0.1) is 0 Å². The summed E-state index contributed by atoms with van der Waals surface area (Å²) in [6, 6.07) is -0.545. The maximum absolute atomic E-state index is 11.8. The minimum atomic E-state index is -0.587. The van der Waals surface area contributed by atoms with Crippen LogP contribution in [0.5, 0.6) is 0 Å². The highest BCUT2D eigenvalue weighted by Crippen LogP contribution is 2.17. The second-order valence-electron chi connectivity index (χ2n) is 4.90. The van der Waals surface area contributed by atoms with Gasteiger partial charge in [0, 0.05) is 18.5 Å². The Balaban J connectivity index is 2.67. The second-order valence-corrected chi connectivity index (χ2v) is 4.90. The maximum atomic E-state index is 11.8. The van der Waals surface area contributed by atoms with Crippen molar-refractivity contribution in [3.63, 3.8) is 0 Å². The number of primary amides is 1. The van der Waals surface area contributed by atoms with Crippen molar-refractivity contribution < 1.29 is 14.4 Å². The molecule has 0 aliphatic carbocycles. The molecule has 6 nitrogen and oxygen atoms in total. The topological polar surface area (TPSA) is 92.5 Å². The number of rotatable bonds is 5. The fourth-order valence-electron chi connectivity index (χ4n) is 2.09. The normalized spacial score (nSPS) is 21.1. The van der Waals surface area contributed by atoms with Gasteiger partial charge in [0.15, 0.2) is 0 Å². The van der Waals surface area contributed by atoms with E-state index in [4.69, 9.17) is 5.73 Å². The van der Waals surface area contributed by atoms with E-state index >= 15 is 0 Å². The Morgan fingerprint density at radius 1 is 1.53 bits per heavy atom. The zero-order chi connectivity index (χ0) is 13.2. The number of nitrogens with zero attached hydrogens (tertiary/aromatic N) is 1. The average molecular weight is 241 g/mol. The maximum Gasteiger partial charge on any atom is 0.246 e. The number of likely N-dealkylation sites (tertiary alicyclic amines) is 1. The number of carbonyl (C=O) groups is 3. The van der Waals surface area contributed by atoms with E-state index in [1.54, 1.807) is 20.8 Å². The molecule has 1 atom stereocenters. The van der Waals surface area contributed by atoms with E-state index in [0.29, 0.717) is 6.54 Å². The number of carbonyl (C=O) groups excluding carboxylic acids is 3. The molecule has 0 spiro atoms. The predicted octanol–water partition coefficient (Wildman–Crippen LogP) is -0.623. The third kappa shape index (κ3) is 3.26. The van der Waals surface area contributed by atoms with Gasteiger partial charge in [0.25, 0.3) is 0 Å². The Morgan fingerprint density at radius 3 is 2.53 bits per heavy atom. The van der Waals surface area contributed by atoms with E-state index in [9.17, 15) is 14.4 Å². The van der Waals surface area contributed by atoms with E-state index in [-0.39, 0.29) is 24.7 Å². The molecule has 0 bridgehead atoms. The first-order chi connectivity index (χ1) is 7.76. The summed E-state index contributed by atoms with van der Waals surface area (Å²) in [5.74, 6) is -0.841. The van der Waals surface area contributed by atoms with Gasteiger partial charge in [0.1, 0.15) is 0 Å². The van der Waals surface area contributed by atoms with Crippen LogP contribution >= 0.6 is 0 Å². The third-order valence-corrected chi connectivity index (χ3v) is 2.74. The number of hydrogen-bond donors (Lipinski definition) is 2. The van der Waals surface area contributed by atoms with Crippen LogP contribution in [0.15, 0.2) is 0 Å². The molecule has 0 radical (unpaired) electrons. The van der Waals surface area contributed by atoms with E-state index < -0.39 is 17.5 Å². The van der Waals surface area contributed by atoms with E-state index in [2.05, 4.69) is 5.32 Å². The van der Waals surface area contributed by atoms with Crippen LogP contribution in [0.3, 0.4) is 0 Å². The van der Waals surface area contributed by atoms with Crippen molar-refractivity contribution in [3.05, 3.63) is 0 Å². The Morgan fingerprint density at radius 2 is 2.12 bits per heavy atom. The van der Waals surface area contributed by atoms with Crippen LogP contribution in [0.25, 0.3) is 0 Å². The van der Waals surface area contributed by atoms with Gasteiger partial charge in [-0.25, -0.2) is 0 Å². The van der Waals surface area contributed by atoms with Crippen molar-refractivity contribution in [2.24, 2.45) is 5.73 Å². The average Bonchev–Trinajstić information content (AvgIpc) is 2.38. The molecule has 1 fully saturated rings. The molecular formula is C11H19N3O3. The van der Waals surface area contributed by atoms with Crippen molar-refractivity contribution in [3.8, 4) is 0 Å². The van der Waals surface area contributed by atoms with Gasteiger partial charge in [-0.2, -0.15) is 0 Å². The summed E-state index contributed by atoms with van der Waals surface area (Å²) in [5.41, 5.74) is 4.54. The lowest BCUT2D eigenvalue weighted by atomic mass is 9.98. The van der Waals surface area contributed by atoms with E-state index in [1.807, 2.05) is 0 Å². The lowest BCUT2D eigenvalue weighted by Gasteiger charge is -2.27. The van der Waals surface area contributed by atoms with Crippen LogP contribution in [0.2, 0.25) is 0 Å². The molecule has 0 aromatic rings. The quantitative estimate of drug-likeness (QED) is 0.627. The second kappa shape index (κ2) is 4.83. The summed E-state index contributed by atoms with van der Waals surface area (Å²) >= 11 is 0. The molecule has 3 amide bonds. The predicted molar refractivity (Wildman–Crippen MR) is 61.8 cm³/mol. The van der Waals surface area contributed by atoms with Crippen LogP contribution in [-0.4, -0.2) is 40.7 Å². The van der Waals surface area contributed by atoms with Crippen molar-refractivity contribution >= 4 is 17.7 Å². The number of nitrogens with two attached hydrogens (primary N) is 1. The van der Waals surface area contributed by atoms with Crippen molar-refractivity contribution in [1.82, 2.24) is 10.2 Å². The molecule has 0 aromatic heterocycles. The zero-order valence-electron chi connectivity index (χ0n) is 10.4. The highest BCUT2D eigenvalue weighted by molar-refractivity contribution is 6.05. The monoisotopic (exact) mass is 241 g/mol. The molecule has 3 N–H and O–H groups in total. The molecule has 0 aromatic carbocycles. The smallest absolute Gasteiger partial charge is 0.246 e. The van der Waals surface area contributed by atoms with Crippen LogP contribution in [0.1, 0.15) is 33.6 Å². The first-order valence-electron chi connectivity index (χ1n) is 5.67. The van der Waals surface area contributed by atoms with Crippen LogP contribution in [0.4, 0.5) is 0 Å². The van der Waals surface area contributed by atoms with Crippen LogP contribution in [-0.2, 0) is 14.4 Å². The molecule has 0 saturated carbocycles. The highest BCUT2D eigenvalue weighted by atomic mass is 16.2. The fourth-order valence-corrected chi connectivity index (χ4v) is 2.09. The molecule has 1 aliphatic rings. The number of hydrogen-bond acceptors (Lipinski definition) is 4. The Labute approximate surface area is 101 Å². The van der Waals surface area contributed by atoms with Gasteiger partial charge >= 0.3 is 0 Å². The molecule has 1 saturated heterocycles. The zero-order valence-corrected chi connectivity index (χ0v) is 10.4. The lowest BCUT2D eigenvalue weighted by Crippen LogP contribution is -2.51. The number of likely N-dealkylation sites (N-methyl/N-ethyl adjacent to an activating group) is 1. The molecule has 6 heteroatoms. The SMILES string of the molecule is CCN1C(=O)CC(NC(C)(C)CC(N)=O)C1=O. The third-order valence-electron chi connectivity index (χ3n) is 2.74. The van der Waals surface area contributed by atoms with Crippen molar-refractivity contribution in [2.75, 3.05) is 6.54 Å². The van der Waals surface area contributed by atoms with E-state index in [0.717, 1.165) is 0 Å². The Kier molecular flexibility index (Phi) is 3.87. The molecule has 1 unspecified atom stereocenters. The number of imide groups is 1. The van der Waals surface area contributed by atoms with Gasteiger partial charge in [-0.1, -0.05) is 0 Å². The van der Waals surface area contributed by atoms with Gasteiger partial charge in [-0.15, -0.1) is 0 Å². The van der Waals surface area contributed by atoms with Crippen molar-refractivity contribution in [1.29, 1.82) is 0 Å². The first kappa shape index (κ1) is 13.6. The molecule has 1 rings (SSSR count). The molecular weight excluding hydrogens is 222 g/mol. The van der Waals surface area contributed by atoms with Gasteiger partial charge in [-0.05, 0) is 20.8 Å². The summed E-state index contributed by atoms with van der Waals surface area (Å²) in [5, 5.41) is 3.02. The summed E-state index contributed by atoms with van der Waals surface area (Å²) in [4.78, 5) is 35.4. The van der Waals surface area contributed by atoms with E-state index in [1.165, 1.54) is 4.90 Å². The number of amides is 3. The molecule has 17 heavy (non-hydrogen) atoms. The van der Waals surface area contributed by atoms with Crippen LogP contribution < -0.4 is 11.1 Å². The van der Waals surface area contributed by atoms with Gasteiger partial charge in [0.2, 0.25) is 17.7 Å². The Bertz CT molecular complexity index is 352. The summed E-state index contributed by atoms with van der Waals surface area (Å²) in [7, 11) is 0. The minimum absolute atomic E-state index is 0.122. The lowest BCUT2D eigenvalue weighted by molar-refractivity contribution is -0.138. The summed E-state index contributed by atoms with van der Waals surface area (Å²) in [6.07, 6.45) is 0.270. The fraction of sp³-hybridized carbons (Fsp3) is 0.727. The summed E-state index contributed by atoms with van der Waals surface area (Å²) in [6.45, 7) is 5.70. The molecule has 96 valence electrons. The van der Waals surface area contributed by atoms with Gasteiger partial charge in [-0.3, -0.25) is 24.6 Å². The van der Waals surface area contributed by atoms with Crippen molar-refractivity contribution in [2.45, 2.75) is 45.2 Å². The summed E-state index contributed by atoms with van der Waals surface area (Å²) < 4.78 is 0. The van der Waals surface area contributed by atoms with Gasteiger partial charge in [0.05, 0.1) is 12.5 Å².